The Bertz CT molecular complexity index is 1100. The first-order valence-corrected chi connectivity index (χ1v) is 8.93. The zero-order valence-corrected chi connectivity index (χ0v) is 14.8. The molecule has 0 aliphatic carbocycles. The highest BCUT2D eigenvalue weighted by atomic mass is 16.2. The van der Waals surface area contributed by atoms with Crippen molar-refractivity contribution in [3.8, 4) is 11.4 Å². The van der Waals surface area contributed by atoms with E-state index in [9.17, 15) is 4.79 Å². The summed E-state index contributed by atoms with van der Waals surface area (Å²) in [5, 5.41) is 8.73. The van der Waals surface area contributed by atoms with E-state index in [0.717, 1.165) is 28.2 Å². The monoisotopic (exact) mass is 358 g/mol. The second-order valence-corrected chi connectivity index (χ2v) is 6.83. The van der Waals surface area contributed by atoms with Crippen molar-refractivity contribution in [2.75, 3.05) is 6.54 Å². The van der Waals surface area contributed by atoms with Crippen LogP contribution in [0.5, 0.6) is 0 Å². The number of pyridine rings is 1. The van der Waals surface area contributed by atoms with Crippen LogP contribution in [0, 0.1) is 0 Å². The summed E-state index contributed by atoms with van der Waals surface area (Å²) in [6.45, 7) is 3.13. The highest BCUT2D eigenvalue weighted by Gasteiger charge is 2.30. The van der Waals surface area contributed by atoms with Gasteiger partial charge in [-0.3, -0.25) is 9.78 Å². The van der Waals surface area contributed by atoms with Crippen LogP contribution in [0.1, 0.15) is 29.3 Å². The molecule has 0 fully saturated rings. The van der Waals surface area contributed by atoms with Crippen molar-refractivity contribution in [3.63, 3.8) is 0 Å². The first-order valence-electron chi connectivity index (χ1n) is 8.93. The van der Waals surface area contributed by atoms with Gasteiger partial charge in [-0.05, 0) is 25.1 Å². The van der Waals surface area contributed by atoms with Crippen LogP contribution >= 0.6 is 0 Å². The molecule has 1 amide bonds. The molecule has 4 heterocycles. The standard InChI is InChI=1S/C20H18N6O/c1-13-11-25(20(27)17-10-16-15(22-17)8-5-9-21-16)12-18-23-24-19(26(13)18)14-6-3-2-4-7-14/h2-10,13,22H,11-12H2,1H3/t13-/m0/s1. The number of fused-ring (bicyclic) bond motifs is 2. The van der Waals surface area contributed by atoms with Crippen LogP contribution in [0.3, 0.4) is 0 Å². The van der Waals surface area contributed by atoms with Gasteiger partial charge in [-0.15, -0.1) is 10.2 Å². The minimum atomic E-state index is -0.0460. The first-order chi connectivity index (χ1) is 13.2. The lowest BCUT2D eigenvalue weighted by Crippen LogP contribution is -2.40. The number of benzene rings is 1. The fraction of sp³-hybridized carbons (Fsp3) is 0.200. The van der Waals surface area contributed by atoms with Crippen LogP contribution in [0.4, 0.5) is 0 Å². The molecule has 5 rings (SSSR count). The summed E-state index contributed by atoms with van der Waals surface area (Å²) < 4.78 is 2.13. The number of carbonyl (C=O) groups excluding carboxylic acids is 1. The third-order valence-electron chi connectivity index (χ3n) is 4.96. The summed E-state index contributed by atoms with van der Waals surface area (Å²) in [5.74, 6) is 1.60. The van der Waals surface area contributed by atoms with Crippen LogP contribution in [0.15, 0.2) is 54.7 Å². The number of nitrogens with one attached hydrogen (secondary N) is 1. The number of aromatic amines is 1. The Hall–Kier alpha value is -3.48. The lowest BCUT2D eigenvalue weighted by molar-refractivity contribution is 0.0677. The van der Waals surface area contributed by atoms with Gasteiger partial charge in [0, 0.05) is 18.3 Å². The molecule has 3 aromatic heterocycles. The Morgan fingerprint density at radius 3 is 2.81 bits per heavy atom. The Morgan fingerprint density at radius 2 is 2.00 bits per heavy atom. The molecule has 134 valence electrons. The van der Waals surface area contributed by atoms with Crippen LogP contribution in [0.2, 0.25) is 0 Å². The summed E-state index contributed by atoms with van der Waals surface area (Å²) >= 11 is 0. The topological polar surface area (TPSA) is 79.7 Å². The highest BCUT2D eigenvalue weighted by molar-refractivity contribution is 5.97. The van der Waals surface area contributed by atoms with Gasteiger partial charge in [-0.25, -0.2) is 0 Å². The molecule has 1 N–H and O–H groups in total. The summed E-state index contributed by atoms with van der Waals surface area (Å²) in [5.41, 5.74) is 3.23. The van der Waals surface area contributed by atoms with E-state index in [1.54, 1.807) is 12.3 Å². The molecule has 0 bridgehead atoms. The van der Waals surface area contributed by atoms with Gasteiger partial charge in [0.25, 0.3) is 5.91 Å². The highest BCUT2D eigenvalue weighted by Crippen LogP contribution is 2.28. The number of carbonyl (C=O) groups is 1. The van der Waals surface area contributed by atoms with Gasteiger partial charge in [0.05, 0.1) is 23.6 Å². The number of nitrogens with zero attached hydrogens (tertiary/aromatic N) is 5. The normalized spacial score (nSPS) is 16.5. The lowest BCUT2D eigenvalue weighted by Gasteiger charge is -2.32. The van der Waals surface area contributed by atoms with E-state index in [1.807, 2.05) is 47.4 Å². The smallest absolute Gasteiger partial charge is 0.270 e. The van der Waals surface area contributed by atoms with Gasteiger partial charge in [0.1, 0.15) is 5.69 Å². The van der Waals surface area contributed by atoms with Crippen molar-refractivity contribution >= 4 is 16.9 Å². The van der Waals surface area contributed by atoms with Crippen molar-refractivity contribution in [2.45, 2.75) is 19.5 Å². The Kier molecular flexibility index (Phi) is 3.53. The molecule has 0 radical (unpaired) electrons. The van der Waals surface area contributed by atoms with Gasteiger partial charge in [-0.1, -0.05) is 30.3 Å². The fourth-order valence-corrected chi connectivity index (χ4v) is 3.71. The van der Waals surface area contributed by atoms with Gasteiger partial charge in [-0.2, -0.15) is 0 Å². The number of aromatic nitrogens is 5. The van der Waals surface area contributed by atoms with Gasteiger partial charge in [0.2, 0.25) is 0 Å². The zero-order chi connectivity index (χ0) is 18.4. The quantitative estimate of drug-likeness (QED) is 0.597. The number of hydrogen-bond donors (Lipinski definition) is 1. The number of H-pyrrole nitrogens is 1. The minimum absolute atomic E-state index is 0.0460. The third kappa shape index (κ3) is 2.59. The first kappa shape index (κ1) is 15.7. The van der Waals surface area contributed by atoms with Gasteiger partial charge in [0.15, 0.2) is 11.6 Å². The molecule has 0 unspecified atom stereocenters. The van der Waals surface area contributed by atoms with E-state index in [4.69, 9.17) is 0 Å². The zero-order valence-electron chi connectivity index (χ0n) is 14.8. The SMILES string of the molecule is C[C@H]1CN(C(=O)c2cc3ncccc3[nH]2)Cc2nnc(-c3ccccc3)n21. The molecule has 0 saturated carbocycles. The van der Waals surface area contributed by atoms with Crippen LogP contribution < -0.4 is 0 Å². The fourth-order valence-electron chi connectivity index (χ4n) is 3.71. The summed E-state index contributed by atoms with van der Waals surface area (Å²) in [6, 6.07) is 15.7. The van der Waals surface area contributed by atoms with E-state index >= 15 is 0 Å². The minimum Gasteiger partial charge on any atom is -0.349 e. The maximum Gasteiger partial charge on any atom is 0.270 e. The van der Waals surface area contributed by atoms with Crippen LogP contribution in [-0.4, -0.2) is 42.1 Å². The molecule has 4 aromatic rings. The van der Waals surface area contributed by atoms with E-state index in [-0.39, 0.29) is 11.9 Å². The molecule has 1 aliphatic heterocycles. The number of hydrogen-bond acceptors (Lipinski definition) is 4. The average Bonchev–Trinajstić information content (AvgIpc) is 3.32. The predicted molar refractivity (Wildman–Crippen MR) is 101 cm³/mol. The van der Waals surface area contributed by atoms with Crippen molar-refractivity contribution < 1.29 is 4.79 Å². The molecule has 7 nitrogen and oxygen atoms in total. The molecular weight excluding hydrogens is 340 g/mol. The molecular formula is C20H18N6O. The lowest BCUT2D eigenvalue weighted by atomic mass is 10.1. The van der Waals surface area contributed by atoms with Crippen molar-refractivity contribution in [3.05, 3.63) is 66.2 Å². The summed E-state index contributed by atoms with van der Waals surface area (Å²) in [4.78, 5) is 22.3. The van der Waals surface area contributed by atoms with Gasteiger partial charge >= 0.3 is 0 Å². The van der Waals surface area contributed by atoms with Gasteiger partial charge < -0.3 is 14.5 Å². The largest absolute Gasteiger partial charge is 0.349 e. The van der Waals surface area contributed by atoms with Crippen molar-refractivity contribution in [1.82, 2.24) is 29.6 Å². The number of rotatable bonds is 2. The molecule has 7 heteroatoms. The summed E-state index contributed by atoms with van der Waals surface area (Å²) in [7, 11) is 0. The Balaban J connectivity index is 1.46. The van der Waals surface area contributed by atoms with E-state index in [2.05, 4.69) is 31.7 Å². The number of amides is 1. The predicted octanol–water partition coefficient (Wildman–Crippen LogP) is 3.04. The molecule has 27 heavy (non-hydrogen) atoms. The van der Waals surface area contributed by atoms with E-state index in [0.29, 0.717) is 18.8 Å². The molecule has 1 aliphatic rings. The molecule has 0 saturated heterocycles. The maximum absolute atomic E-state index is 13.0. The second kappa shape index (κ2) is 6.05. The van der Waals surface area contributed by atoms with Crippen LogP contribution in [-0.2, 0) is 6.54 Å². The Morgan fingerprint density at radius 1 is 1.15 bits per heavy atom. The third-order valence-corrected chi connectivity index (χ3v) is 4.96. The van der Waals surface area contributed by atoms with Crippen LogP contribution in [0.25, 0.3) is 22.4 Å². The molecule has 1 atom stereocenters. The molecule has 0 spiro atoms. The maximum atomic E-state index is 13.0. The molecule has 1 aromatic carbocycles. The van der Waals surface area contributed by atoms with Crippen molar-refractivity contribution in [2.24, 2.45) is 0 Å². The Labute approximate surface area is 155 Å². The summed E-state index contributed by atoms with van der Waals surface area (Å²) in [6.07, 6.45) is 1.72. The second-order valence-electron chi connectivity index (χ2n) is 6.83. The average molecular weight is 358 g/mol. The van der Waals surface area contributed by atoms with E-state index < -0.39 is 0 Å². The van der Waals surface area contributed by atoms with E-state index in [1.165, 1.54) is 0 Å². The van der Waals surface area contributed by atoms with Crippen molar-refractivity contribution in [1.29, 1.82) is 0 Å².